The van der Waals surface area contributed by atoms with E-state index < -0.39 is 10.0 Å². The predicted molar refractivity (Wildman–Crippen MR) is 110 cm³/mol. The van der Waals surface area contributed by atoms with Crippen molar-refractivity contribution in [1.82, 2.24) is 0 Å². The summed E-state index contributed by atoms with van der Waals surface area (Å²) < 4.78 is 28.8. The van der Waals surface area contributed by atoms with Crippen LogP contribution < -0.4 is 9.62 Å². The molecule has 0 bridgehead atoms. The third-order valence-electron chi connectivity index (χ3n) is 4.55. The molecule has 0 saturated heterocycles. The van der Waals surface area contributed by atoms with Crippen molar-refractivity contribution in [2.75, 3.05) is 16.2 Å². The number of nitrogens with one attached hydrogen (secondary N) is 1. The van der Waals surface area contributed by atoms with Gasteiger partial charge in [-0.2, -0.15) is 0 Å². The Labute approximate surface area is 162 Å². The number of sulfonamides is 1. The van der Waals surface area contributed by atoms with Gasteiger partial charge in [-0.15, -0.1) is 22.7 Å². The van der Waals surface area contributed by atoms with Crippen LogP contribution in [-0.2, 0) is 29.4 Å². The lowest BCUT2D eigenvalue weighted by Crippen LogP contribution is -2.30. The van der Waals surface area contributed by atoms with Crippen LogP contribution in [0.3, 0.4) is 0 Å². The Hall–Kier alpha value is -1.83. The number of anilines is 2. The number of nitrogens with zero attached hydrogens (tertiary/aromatic N) is 1. The lowest BCUT2D eigenvalue weighted by Gasteiger charge is -2.30. The highest BCUT2D eigenvalue weighted by Crippen LogP contribution is 2.34. The Bertz CT molecular complexity index is 1020. The number of para-hydroxylation sites is 2. The van der Waals surface area contributed by atoms with Crippen molar-refractivity contribution < 1.29 is 8.42 Å². The minimum atomic E-state index is -3.57. The quantitative estimate of drug-likeness (QED) is 0.668. The summed E-state index contributed by atoms with van der Waals surface area (Å²) in [6.07, 6.45) is 1.84. The zero-order valence-corrected chi connectivity index (χ0v) is 16.9. The molecule has 0 unspecified atom stereocenters. The van der Waals surface area contributed by atoms with Crippen LogP contribution in [0.4, 0.5) is 11.4 Å². The van der Waals surface area contributed by atoms with Gasteiger partial charge in [-0.1, -0.05) is 19.1 Å². The van der Waals surface area contributed by atoms with E-state index in [0.717, 1.165) is 36.5 Å². The Morgan fingerprint density at radius 3 is 2.81 bits per heavy atom. The standard InChI is InChI=1S/C19H20N2O2S3/c1-2-15-7-8-19(25-15)26(22,23)20-16-5-3-4-6-17(16)21-11-9-18-14(13-21)10-12-24-18/h3-8,10,12,20H,2,9,11,13H2,1H3. The lowest BCUT2D eigenvalue weighted by atomic mass is 10.1. The zero-order valence-electron chi connectivity index (χ0n) is 14.4. The molecule has 136 valence electrons. The Kier molecular flexibility index (Phi) is 4.77. The topological polar surface area (TPSA) is 49.4 Å². The van der Waals surface area contributed by atoms with E-state index in [-0.39, 0.29) is 0 Å². The highest BCUT2D eigenvalue weighted by Gasteiger charge is 2.22. The van der Waals surface area contributed by atoms with Crippen molar-refractivity contribution in [3.8, 4) is 0 Å². The maximum atomic E-state index is 12.8. The first-order valence-electron chi connectivity index (χ1n) is 8.57. The fraction of sp³-hybridized carbons (Fsp3) is 0.263. The molecule has 7 heteroatoms. The predicted octanol–water partition coefficient (Wildman–Crippen LogP) is 4.74. The van der Waals surface area contributed by atoms with E-state index in [4.69, 9.17) is 0 Å². The number of hydrogen-bond donors (Lipinski definition) is 1. The Morgan fingerprint density at radius 2 is 2.00 bits per heavy atom. The number of thiophene rings is 2. The molecule has 4 rings (SSSR count). The lowest BCUT2D eigenvalue weighted by molar-refractivity contribution is 0.603. The first-order valence-corrected chi connectivity index (χ1v) is 11.8. The van der Waals surface area contributed by atoms with Crippen LogP contribution in [0.2, 0.25) is 0 Å². The van der Waals surface area contributed by atoms with Crippen LogP contribution in [0.1, 0.15) is 22.2 Å². The summed E-state index contributed by atoms with van der Waals surface area (Å²) in [5, 5.41) is 2.13. The van der Waals surface area contributed by atoms with E-state index in [9.17, 15) is 8.42 Å². The zero-order chi connectivity index (χ0) is 18.1. The van der Waals surface area contributed by atoms with Crippen LogP contribution in [0.5, 0.6) is 0 Å². The van der Waals surface area contributed by atoms with Gasteiger partial charge in [-0.05, 0) is 54.1 Å². The monoisotopic (exact) mass is 404 g/mol. The third kappa shape index (κ3) is 3.39. The van der Waals surface area contributed by atoms with Crippen LogP contribution in [0.15, 0.2) is 52.1 Å². The van der Waals surface area contributed by atoms with E-state index in [0.29, 0.717) is 9.90 Å². The first-order chi connectivity index (χ1) is 12.6. The molecule has 0 atom stereocenters. The highest BCUT2D eigenvalue weighted by molar-refractivity contribution is 7.94. The van der Waals surface area contributed by atoms with Gasteiger partial charge in [0.2, 0.25) is 0 Å². The summed E-state index contributed by atoms with van der Waals surface area (Å²) in [4.78, 5) is 4.75. The van der Waals surface area contributed by atoms with Crippen LogP contribution in [-0.4, -0.2) is 15.0 Å². The van der Waals surface area contributed by atoms with Gasteiger partial charge in [0.15, 0.2) is 0 Å². The molecule has 1 aliphatic heterocycles. The van der Waals surface area contributed by atoms with Gasteiger partial charge in [0, 0.05) is 22.8 Å². The van der Waals surface area contributed by atoms with Crippen molar-refractivity contribution in [3.63, 3.8) is 0 Å². The van der Waals surface area contributed by atoms with Gasteiger partial charge in [0.05, 0.1) is 11.4 Å². The maximum absolute atomic E-state index is 12.8. The van der Waals surface area contributed by atoms with Crippen molar-refractivity contribution in [3.05, 3.63) is 63.2 Å². The van der Waals surface area contributed by atoms with Gasteiger partial charge < -0.3 is 4.90 Å². The average molecular weight is 405 g/mol. The van der Waals surface area contributed by atoms with E-state index in [1.54, 1.807) is 17.4 Å². The van der Waals surface area contributed by atoms with Crippen LogP contribution in [0.25, 0.3) is 0 Å². The van der Waals surface area contributed by atoms with Crippen molar-refractivity contribution >= 4 is 44.1 Å². The molecule has 3 heterocycles. The molecule has 4 nitrogen and oxygen atoms in total. The number of benzene rings is 1. The maximum Gasteiger partial charge on any atom is 0.271 e. The molecular weight excluding hydrogens is 384 g/mol. The number of hydrogen-bond acceptors (Lipinski definition) is 5. The van der Waals surface area contributed by atoms with E-state index in [2.05, 4.69) is 21.1 Å². The molecule has 0 amide bonds. The minimum Gasteiger partial charge on any atom is -0.365 e. The molecule has 0 saturated carbocycles. The van der Waals surface area contributed by atoms with E-state index in [1.165, 1.54) is 21.8 Å². The minimum absolute atomic E-state index is 0.364. The van der Waals surface area contributed by atoms with Gasteiger partial charge >= 0.3 is 0 Å². The molecule has 26 heavy (non-hydrogen) atoms. The fourth-order valence-corrected chi connectivity index (χ4v) is 6.44. The van der Waals surface area contributed by atoms with Crippen molar-refractivity contribution in [1.29, 1.82) is 0 Å². The third-order valence-corrected chi connectivity index (χ3v) is 8.66. The number of rotatable bonds is 5. The molecule has 0 fully saturated rings. The molecule has 0 spiro atoms. The van der Waals surface area contributed by atoms with E-state index in [1.807, 2.05) is 37.3 Å². The van der Waals surface area contributed by atoms with Gasteiger partial charge in [0.1, 0.15) is 4.21 Å². The summed E-state index contributed by atoms with van der Waals surface area (Å²) in [6.45, 7) is 3.74. The van der Waals surface area contributed by atoms with Gasteiger partial charge in [-0.3, -0.25) is 4.72 Å². The summed E-state index contributed by atoms with van der Waals surface area (Å²) in [5.74, 6) is 0. The molecule has 1 aliphatic rings. The van der Waals surface area contributed by atoms with Crippen molar-refractivity contribution in [2.24, 2.45) is 0 Å². The summed E-state index contributed by atoms with van der Waals surface area (Å²) in [7, 11) is -3.57. The summed E-state index contributed by atoms with van der Waals surface area (Å²) in [6, 6.07) is 13.4. The largest absolute Gasteiger partial charge is 0.365 e. The average Bonchev–Trinajstić information content (AvgIpc) is 3.30. The number of fused-ring (bicyclic) bond motifs is 1. The second kappa shape index (κ2) is 7.06. The smallest absolute Gasteiger partial charge is 0.271 e. The first kappa shape index (κ1) is 17.6. The molecule has 1 N–H and O–H groups in total. The second-order valence-electron chi connectivity index (χ2n) is 6.24. The van der Waals surface area contributed by atoms with Gasteiger partial charge in [-0.25, -0.2) is 8.42 Å². The van der Waals surface area contributed by atoms with Gasteiger partial charge in [0.25, 0.3) is 10.0 Å². The summed E-state index contributed by atoms with van der Waals surface area (Å²) >= 11 is 3.13. The molecule has 2 aromatic heterocycles. The SMILES string of the molecule is CCc1ccc(S(=O)(=O)Nc2ccccc2N2CCc3sccc3C2)s1. The fourth-order valence-electron chi connectivity index (χ4n) is 3.18. The molecule has 3 aromatic rings. The Balaban J connectivity index is 1.62. The van der Waals surface area contributed by atoms with Crippen LogP contribution in [0, 0.1) is 0 Å². The Morgan fingerprint density at radius 1 is 1.15 bits per heavy atom. The molecular formula is C19H20N2O2S3. The molecule has 1 aromatic carbocycles. The van der Waals surface area contributed by atoms with Crippen LogP contribution >= 0.6 is 22.7 Å². The molecule has 0 radical (unpaired) electrons. The van der Waals surface area contributed by atoms with Crippen molar-refractivity contribution in [2.45, 2.75) is 30.5 Å². The highest BCUT2D eigenvalue weighted by atomic mass is 32.2. The van der Waals surface area contributed by atoms with E-state index >= 15 is 0 Å². The molecule has 0 aliphatic carbocycles. The normalized spacial score (nSPS) is 14.3. The summed E-state index contributed by atoms with van der Waals surface area (Å²) in [5.41, 5.74) is 2.91. The number of aryl methyl sites for hydroxylation is 1. The second-order valence-corrected chi connectivity index (χ2v) is 10.3.